The fourth-order valence-corrected chi connectivity index (χ4v) is 1.84. The molecule has 4 nitrogen and oxygen atoms in total. The minimum absolute atomic E-state index is 0.567. The average Bonchev–Trinajstić information content (AvgIpc) is 2.51. The van der Waals surface area contributed by atoms with Crippen molar-refractivity contribution in [1.29, 1.82) is 0 Å². The van der Waals surface area contributed by atoms with Crippen LogP contribution in [-0.2, 0) is 13.5 Å². The number of aryl methyl sites for hydroxylation is 1. The molecule has 1 aromatic rings. The third-order valence-corrected chi connectivity index (χ3v) is 2.54. The van der Waals surface area contributed by atoms with Gasteiger partial charge < -0.3 is 5.11 Å². The molecule has 1 aliphatic carbocycles. The Morgan fingerprint density at radius 2 is 2.50 bits per heavy atom. The number of rotatable bonds is 2. The molecule has 1 atom stereocenters. The van der Waals surface area contributed by atoms with Gasteiger partial charge in [0.1, 0.15) is 0 Å². The molecule has 4 heteroatoms. The fourth-order valence-electron chi connectivity index (χ4n) is 1.84. The minimum Gasteiger partial charge on any atom is -0.385 e. The molecule has 2 rings (SSSR count). The van der Waals surface area contributed by atoms with Crippen LogP contribution in [0.2, 0.25) is 0 Å². The summed E-state index contributed by atoms with van der Waals surface area (Å²) in [5, 5.41) is 18.3. The Balaban J connectivity index is 2.09. The zero-order valence-electron chi connectivity index (χ0n) is 8.35. The van der Waals surface area contributed by atoms with Crippen LogP contribution in [0.1, 0.15) is 25.0 Å². The second-order valence-corrected chi connectivity index (χ2v) is 3.90. The molecule has 1 N–H and O–H groups in total. The van der Waals surface area contributed by atoms with Gasteiger partial charge >= 0.3 is 0 Å². The van der Waals surface area contributed by atoms with Crippen LogP contribution < -0.4 is 0 Å². The fraction of sp³-hybridized carbons (Fsp3) is 0.600. The Labute approximate surface area is 83.2 Å². The number of hydrogen-bond acceptors (Lipinski definition) is 3. The summed E-state index contributed by atoms with van der Waals surface area (Å²) in [5.41, 5.74) is 0.149. The van der Waals surface area contributed by atoms with Crippen LogP contribution >= 0.6 is 0 Å². The van der Waals surface area contributed by atoms with Crippen LogP contribution in [0.25, 0.3) is 0 Å². The minimum atomic E-state index is -0.700. The molecule has 0 saturated heterocycles. The van der Waals surface area contributed by atoms with Gasteiger partial charge in [0.2, 0.25) is 0 Å². The second-order valence-electron chi connectivity index (χ2n) is 3.90. The van der Waals surface area contributed by atoms with Crippen molar-refractivity contribution in [3.63, 3.8) is 0 Å². The zero-order valence-corrected chi connectivity index (χ0v) is 8.35. The summed E-state index contributed by atoms with van der Waals surface area (Å²) in [5.74, 6) is 0. The largest absolute Gasteiger partial charge is 0.385 e. The van der Waals surface area contributed by atoms with Crippen molar-refractivity contribution in [2.24, 2.45) is 7.05 Å². The van der Waals surface area contributed by atoms with Gasteiger partial charge in [-0.2, -0.15) is 15.0 Å². The van der Waals surface area contributed by atoms with E-state index in [9.17, 15) is 5.11 Å². The van der Waals surface area contributed by atoms with Crippen molar-refractivity contribution in [2.75, 3.05) is 0 Å². The summed E-state index contributed by atoms with van der Waals surface area (Å²) in [4.78, 5) is 1.52. The average molecular weight is 193 g/mol. The first-order chi connectivity index (χ1) is 6.68. The molecule has 14 heavy (non-hydrogen) atoms. The van der Waals surface area contributed by atoms with Crippen molar-refractivity contribution in [3.8, 4) is 0 Å². The summed E-state index contributed by atoms with van der Waals surface area (Å²) in [6.45, 7) is 0. The lowest BCUT2D eigenvalue weighted by molar-refractivity contribution is 0.0740. The molecule has 1 aromatic heterocycles. The topological polar surface area (TPSA) is 50.9 Å². The molecule has 1 heterocycles. The predicted octanol–water partition coefficient (Wildman–Crippen LogP) is 0.829. The Morgan fingerprint density at radius 1 is 1.64 bits per heavy atom. The van der Waals surface area contributed by atoms with Crippen LogP contribution in [0, 0.1) is 0 Å². The number of aromatic nitrogens is 3. The SMILES string of the molecule is Cn1ncc(CC2(O)C=CCCC2)n1. The summed E-state index contributed by atoms with van der Waals surface area (Å²) in [6, 6.07) is 0. The van der Waals surface area contributed by atoms with Gasteiger partial charge in [0.15, 0.2) is 0 Å². The molecule has 76 valence electrons. The lowest BCUT2D eigenvalue weighted by Crippen LogP contribution is -2.30. The van der Waals surface area contributed by atoms with Gasteiger partial charge in [0.25, 0.3) is 0 Å². The first-order valence-electron chi connectivity index (χ1n) is 4.93. The van der Waals surface area contributed by atoms with Crippen molar-refractivity contribution < 1.29 is 5.11 Å². The first-order valence-corrected chi connectivity index (χ1v) is 4.93. The van der Waals surface area contributed by atoms with E-state index in [1.165, 1.54) is 4.80 Å². The van der Waals surface area contributed by atoms with E-state index in [2.05, 4.69) is 10.2 Å². The van der Waals surface area contributed by atoms with E-state index < -0.39 is 5.60 Å². The molecule has 1 unspecified atom stereocenters. The van der Waals surface area contributed by atoms with E-state index in [0.29, 0.717) is 6.42 Å². The van der Waals surface area contributed by atoms with Gasteiger partial charge in [-0.3, -0.25) is 0 Å². The summed E-state index contributed by atoms with van der Waals surface area (Å²) in [6.07, 6.45) is 9.15. The Kier molecular flexibility index (Phi) is 2.37. The van der Waals surface area contributed by atoms with Crippen LogP contribution in [-0.4, -0.2) is 25.7 Å². The number of nitrogens with zero attached hydrogens (tertiary/aromatic N) is 3. The lowest BCUT2D eigenvalue weighted by atomic mass is 9.87. The molecule has 1 aliphatic rings. The van der Waals surface area contributed by atoms with Crippen LogP contribution in [0.4, 0.5) is 0 Å². The maximum absolute atomic E-state index is 10.2. The highest BCUT2D eigenvalue weighted by Gasteiger charge is 2.26. The third kappa shape index (κ3) is 2.01. The van der Waals surface area contributed by atoms with Crippen molar-refractivity contribution >= 4 is 0 Å². The summed E-state index contributed by atoms with van der Waals surface area (Å²) in [7, 11) is 1.78. The number of hydrogen-bond donors (Lipinski definition) is 1. The van der Waals surface area contributed by atoms with Crippen molar-refractivity contribution in [1.82, 2.24) is 15.0 Å². The molecule has 0 saturated carbocycles. The van der Waals surface area contributed by atoms with Gasteiger partial charge in [-0.15, -0.1) is 0 Å². The molecule has 0 spiro atoms. The van der Waals surface area contributed by atoms with E-state index >= 15 is 0 Å². The van der Waals surface area contributed by atoms with Gasteiger partial charge in [0.05, 0.1) is 17.5 Å². The normalized spacial score (nSPS) is 26.7. The molecule has 0 aromatic carbocycles. The van der Waals surface area contributed by atoms with Gasteiger partial charge in [0, 0.05) is 13.5 Å². The smallest absolute Gasteiger partial charge is 0.0884 e. The standard InChI is InChI=1S/C10H15N3O/c1-13-11-8-9(12-13)7-10(14)5-3-2-4-6-10/h3,5,8,14H,2,4,6-7H2,1H3. The van der Waals surface area contributed by atoms with Gasteiger partial charge in [-0.05, 0) is 19.3 Å². The summed E-state index contributed by atoms with van der Waals surface area (Å²) < 4.78 is 0. The van der Waals surface area contributed by atoms with Gasteiger partial charge in [-0.1, -0.05) is 12.2 Å². The molecule has 0 fully saturated rings. The van der Waals surface area contributed by atoms with Crippen molar-refractivity contribution in [2.45, 2.75) is 31.3 Å². The van der Waals surface area contributed by atoms with E-state index in [1.807, 2.05) is 12.2 Å². The Bertz CT molecular complexity index is 345. The maximum atomic E-state index is 10.2. The molecule has 0 bridgehead atoms. The molecule has 0 radical (unpaired) electrons. The molecule has 0 amide bonds. The molecular weight excluding hydrogens is 178 g/mol. The monoisotopic (exact) mass is 193 g/mol. The lowest BCUT2D eigenvalue weighted by Gasteiger charge is -2.26. The highest BCUT2D eigenvalue weighted by atomic mass is 16.3. The third-order valence-electron chi connectivity index (χ3n) is 2.54. The van der Waals surface area contributed by atoms with E-state index in [1.54, 1.807) is 13.2 Å². The maximum Gasteiger partial charge on any atom is 0.0884 e. The number of allylic oxidation sites excluding steroid dienone is 1. The number of aliphatic hydroxyl groups is 1. The van der Waals surface area contributed by atoms with Crippen molar-refractivity contribution in [3.05, 3.63) is 24.0 Å². The summed E-state index contributed by atoms with van der Waals surface area (Å²) >= 11 is 0. The Hall–Kier alpha value is -1.16. The van der Waals surface area contributed by atoms with E-state index in [4.69, 9.17) is 0 Å². The zero-order chi connectivity index (χ0) is 10.0. The molecule has 0 aliphatic heterocycles. The van der Waals surface area contributed by atoms with E-state index in [0.717, 1.165) is 25.0 Å². The predicted molar refractivity (Wildman–Crippen MR) is 52.6 cm³/mol. The van der Waals surface area contributed by atoms with Crippen LogP contribution in [0.3, 0.4) is 0 Å². The quantitative estimate of drug-likeness (QED) is 0.708. The first kappa shape index (κ1) is 9.40. The second kappa shape index (κ2) is 3.53. The van der Waals surface area contributed by atoms with Crippen LogP contribution in [0.15, 0.2) is 18.3 Å². The van der Waals surface area contributed by atoms with E-state index in [-0.39, 0.29) is 0 Å². The highest BCUT2D eigenvalue weighted by Crippen LogP contribution is 2.24. The van der Waals surface area contributed by atoms with Crippen LogP contribution in [0.5, 0.6) is 0 Å². The molecular formula is C10H15N3O. The highest BCUT2D eigenvalue weighted by molar-refractivity contribution is 5.11. The Morgan fingerprint density at radius 3 is 3.07 bits per heavy atom. The van der Waals surface area contributed by atoms with Gasteiger partial charge in [-0.25, -0.2) is 0 Å².